The second kappa shape index (κ2) is 8.84. The van der Waals surface area contributed by atoms with E-state index >= 15 is 0 Å². The molecule has 180 valence electrons. The number of phenols is 2. The van der Waals surface area contributed by atoms with Crippen molar-refractivity contribution in [3.63, 3.8) is 0 Å². The zero-order valence-electron chi connectivity index (χ0n) is 20.4. The quantitative estimate of drug-likeness (QED) is 0.321. The van der Waals surface area contributed by atoms with E-state index in [1.54, 1.807) is 19.9 Å². The Bertz CT molecular complexity index is 1380. The summed E-state index contributed by atoms with van der Waals surface area (Å²) in [7, 11) is 0. The molecule has 0 saturated heterocycles. The Balaban J connectivity index is 1.91. The summed E-state index contributed by atoms with van der Waals surface area (Å²) in [4.78, 5) is 13.4. The van der Waals surface area contributed by atoms with E-state index in [-0.39, 0.29) is 34.3 Å². The van der Waals surface area contributed by atoms with Gasteiger partial charge in [-0.2, -0.15) is 0 Å². The molecule has 0 radical (unpaired) electrons. The maximum absolute atomic E-state index is 13.4. The molecule has 0 spiro atoms. The molecule has 0 aliphatic carbocycles. The first kappa shape index (κ1) is 23.9. The molecule has 0 amide bonds. The van der Waals surface area contributed by atoms with E-state index < -0.39 is 17.1 Å². The molecule has 1 aliphatic heterocycles. The molecule has 1 aromatic heterocycles. The maximum atomic E-state index is 13.4. The monoisotopic (exact) mass is 464 g/mol. The zero-order valence-corrected chi connectivity index (χ0v) is 20.4. The Morgan fingerprint density at radius 3 is 2.59 bits per heavy atom. The molecule has 3 aromatic rings. The van der Waals surface area contributed by atoms with Gasteiger partial charge < -0.3 is 24.5 Å². The Morgan fingerprint density at radius 2 is 1.91 bits per heavy atom. The number of fused-ring (bicyclic) bond motifs is 3. The van der Waals surface area contributed by atoms with E-state index in [0.717, 1.165) is 12.8 Å². The van der Waals surface area contributed by atoms with Crippen LogP contribution in [-0.2, 0) is 12.8 Å². The van der Waals surface area contributed by atoms with Crippen molar-refractivity contribution in [1.29, 1.82) is 0 Å². The van der Waals surface area contributed by atoms with Crippen molar-refractivity contribution >= 4 is 21.9 Å². The third-order valence-corrected chi connectivity index (χ3v) is 6.40. The third-order valence-electron chi connectivity index (χ3n) is 6.40. The molecule has 2 aromatic carbocycles. The fraction of sp³-hybridized carbons (Fsp3) is 0.393. The molecule has 1 unspecified atom stereocenters. The fourth-order valence-electron chi connectivity index (χ4n) is 4.40. The van der Waals surface area contributed by atoms with Gasteiger partial charge >= 0.3 is 0 Å². The summed E-state index contributed by atoms with van der Waals surface area (Å²) in [5.41, 5.74) is 2.67. The first-order chi connectivity index (χ1) is 16.0. The van der Waals surface area contributed by atoms with Crippen LogP contribution in [0.1, 0.15) is 58.6 Å². The lowest BCUT2D eigenvalue weighted by molar-refractivity contribution is -0.0232. The van der Waals surface area contributed by atoms with E-state index in [4.69, 9.17) is 9.15 Å². The van der Waals surface area contributed by atoms with Crippen LogP contribution in [0.15, 0.2) is 50.7 Å². The largest absolute Gasteiger partial charge is 0.508 e. The lowest BCUT2D eigenvalue weighted by Crippen LogP contribution is -2.39. The highest BCUT2D eigenvalue weighted by atomic mass is 16.5. The van der Waals surface area contributed by atoms with Gasteiger partial charge in [-0.05, 0) is 72.1 Å². The van der Waals surface area contributed by atoms with Crippen molar-refractivity contribution in [3.8, 4) is 17.2 Å². The van der Waals surface area contributed by atoms with Crippen molar-refractivity contribution in [2.24, 2.45) is 0 Å². The van der Waals surface area contributed by atoms with E-state index in [1.165, 1.54) is 23.3 Å². The number of aromatic hydroxyl groups is 2. The van der Waals surface area contributed by atoms with Crippen molar-refractivity contribution in [2.45, 2.75) is 72.0 Å². The molecular weight excluding hydrogens is 432 g/mol. The second-order valence-corrected chi connectivity index (χ2v) is 9.99. The van der Waals surface area contributed by atoms with Crippen LogP contribution >= 0.6 is 0 Å². The van der Waals surface area contributed by atoms with Gasteiger partial charge in [0.15, 0.2) is 0 Å². The minimum Gasteiger partial charge on any atom is -0.508 e. The van der Waals surface area contributed by atoms with Gasteiger partial charge in [0, 0.05) is 17.5 Å². The Morgan fingerprint density at radius 1 is 1.18 bits per heavy atom. The number of hydrogen-bond acceptors (Lipinski definition) is 6. The van der Waals surface area contributed by atoms with Gasteiger partial charge in [-0.3, -0.25) is 4.79 Å². The minimum absolute atomic E-state index is 0.0552. The summed E-state index contributed by atoms with van der Waals surface area (Å²) in [5.74, 6) is 0.218. The summed E-state index contributed by atoms with van der Waals surface area (Å²) >= 11 is 0. The molecule has 0 fully saturated rings. The average molecular weight is 465 g/mol. The van der Waals surface area contributed by atoms with Crippen LogP contribution in [0.5, 0.6) is 17.2 Å². The third kappa shape index (κ3) is 4.42. The number of rotatable bonds is 6. The number of ether oxygens (including phenoxy) is 1. The summed E-state index contributed by atoms with van der Waals surface area (Å²) in [6, 6.07) is 4.34. The van der Waals surface area contributed by atoms with Crippen molar-refractivity contribution in [2.75, 3.05) is 0 Å². The normalized spacial score (nSPS) is 16.1. The van der Waals surface area contributed by atoms with Crippen molar-refractivity contribution in [3.05, 3.63) is 62.8 Å². The first-order valence-electron chi connectivity index (χ1n) is 11.6. The van der Waals surface area contributed by atoms with Gasteiger partial charge in [0.2, 0.25) is 5.43 Å². The van der Waals surface area contributed by atoms with Gasteiger partial charge in [-0.15, -0.1) is 0 Å². The Labute approximate surface area is 198 Å². The molecule has 0 saturated carbocycles. The molecule has 1 aliphatic rings. The van der Waals surface area contributed by atoms with E-state index in [2.05, 4.69) is 32.9 Å². The van der Waals surface area contributed by atoms with Crippen molar-refractivity contribution in [1.82, 2.24) is 0 Å². The smallest absolute Gasteiger partial charge is 0.204 e. The number of allylic oxidation sites excluding steroid dienone is 4. The predicted molar refractivity (Wildman–Crippen MR) is 134 cm³/mol. The molecule has 1 atom stereocenters. The predicted octanol–water partition coefficient (Wildman–Crippen LogP) is 5.67. The first-order valence-corrected chi connectivity index (χ1v) is 11.6. The lowest BCUT2D eigenvalue weighted by atomic mass is 9.93. The van der Waals surface area contributed by atoms with E-state index in [0.29, 0.717) is 28.9 Å². The molecule has 6 nitrogen and oxygen atoms in total. The van der Waals surface area contributed by atoms with Crippen LogP contribution < -0.4 is 10.2 Å². The summed E-state index contributed by atoms with van der Waals surface area (Å²) in [5, 5.41) is 31.8. The average Bonchev–Trinajstić information content (AvgIpc) is 3.20. The minimum atomic E-state index is -1.14. The highest BCUT2D eigenvalue weighted by Crippen LogP contribution is 2.46. The number of hydrogen-bond donors (Lipinski definition) is 3. The molecule has 2 heterocycles. The Kier molecular flexibility index (Phi) is 6.21. The van der Waals surface area contributed by atoms with Crippen LogP contribution in [0.3, 0.4) is 0 Å². The summed E-state index contributed by atoms with van der Waals surface area (Å²) < 4.78 is 12.3. The standard InChI is InChI=1S/C28H32O6/c1-15(2)7-6-8-16(3)9-11-18-26-20(14-22(34-26)28(4,5)32)25(31)23-24(30)19-13-17(29)10-12-21(19)33-27(18)23/h7,9-10,12-13,22,29,31-32H,6,8,11,14H2,1-5H3/b16-9+. The summed E-state index contributed by atoms with van der Waals surface area (Å²) in [6.07, 6.45) is 6.29. The van der Waals surface area contributed by atoms with Crippen LogP contribution in [0.25, 0.3) is 21.9 Å². The fourth-order valence-corrected chi connectivity index (χ4v) is 4.40. The van der Waals surface area contributed by atoms with E-state index in [9.17, 15) is 20.1 Å². The summed E-state index contributed by atoms with van der Waals surface area (Å²) in [6.45, 7) is 9.54. The number of aliphatic hydroxyl groups is 1. The van der Waals surface area contributed by atoms with Gasteiger partial charge in [0.25, 0.3) is 0 Å². The molecule has 3 N–H and O–H groups in total. The lowest BCUT2D eigenvalue weighted by Gasteiger charge is -2.24. The van der Waals surface area contributed by atoms with Gasteiger partial charge in [-0.1, -0.05) is 23.3 Å². The topological polar surface area (TPSA) is 100 Å². The molecule has 4 rings (SSSR count). The molecule has 6 heteroatoms. The second-order valence-electron chi connectivity index (χ2n) is 9.99. The van der Waals surface area contributed by atoms with Gasteiger partial charge in [-0.25, -0.2) is 0 Å². The van der Waals surface area contributed by atoms with Gasteiger partial charge in [0.05, 0.1) is 11.0 Å². The van der Waals surface area contributed by atoms with Crippen LogP contribution in [0, 0.1) is 0 Å². The SMILES string of the molecule is CC(C)=CCC/C(C)=C/Cc1c2c(c(O)c3c(=O)c4cc(O)ccc4oc13)CC(C(C)(C)O)O2. The van der Waals surface area contributed by atoms with Crippen LogP contribution in [0.2, 0.25) is 0 Å². The number of phenolic OH excluding ortho intramolecular Hbond substituents is 2. The molecular formula is C28H32O6. The molecule has 34 heavy (non-hydrogen) atoms. The zero-order chi connectivity index (χ0) is 24.8. The van der Waals surface area contributed by atoms with Crippen molar-refractivity contribution < 1.29 is 24.5 Å². The van der Waals surface area contributed by atoms with Gasteiger partial charge in [0.1, 0.15) is 39.9 Å². The highest BCUT2D eigenvalue weighted by Gasteiger charge is 2.39. The Hall–Kier alpha value is -3.25. The molecule has 0 bridgehead atoms. The van der Waals surface area contributed by atoms with Crippen LogP contribution in [-0.4, -0.2) is 27.0 Å². The highest BCUT2D eigenvalue weighted by molar-refractivity contribution is 5.97. The van der Waals surface area contributed by atoms with Crippen LogP contribution in [0.4, 0.5) is 0 Å². The van der Waals surface area contributed by atoms with E-state index in [1.807, 2.05) is 0 Å². The maximum Gasteiger partial charge on any atom is 0.204 e. The number of benzene rings is 2.